The lowest BCUT2D eigenvalue weighted by atomic mass is 9.99. The molecule has 0 amide bonds. The molecule has 1 aliphatic rings. The molecule has 0 saturated carbocycles. The van der Waals surface area contributed by atoms with Gasteiger partial charge in [-0.05, 0) is 13.1 Å². The molecule has 0 spiro atoms. The maximum absolute atomic E-state index is 11.9. The molecule has 2 nitrogen and oxygen atoms in total. The minimum Gasteiger partial charge on any atom is -0.303 e. The Bertz CT molecular complexity index is 332. The molecule has 0 aromatic rings. The number of Topliss-reactive ketones (excluding diaryl/α,β-unsaturated/α-hetero) is 1. The monoisotopic (exact) mass is 273 g/mol. The Morgan fingerprint density at radius 1 is 1.41 bits per heavy atom. The van der Waals surface area contributed by atoms with Crippen molar-refractivity contribution in [2.75, 3.05) is 19.6 Å². The lowest BCUT2D eigenvalue weighted by Crippen LogP contribution is -2.27. The smallest absolute Gasteiger partial charge is 0.165 e. The Labute approximate surface area is 115 Å². The molecule has 0 bridgehead atoms. The third kappa shape index (κ3) is 5.11. The number of hydrogen-bond donors (Lipinski definition) is 0. The minimum absolute atomic E-state index is 0. The van der Waals surface area contributed by atoms with Crippen molar-refractivity contribution in [2.45, 2.75) is 26.7 Å². The van der Waals surface area contributed by atoms with Crippen molar-refractivity contribution in [3.05, 3.63) is 23.8 Å². The van der Waals surface area contributed by atoms with E-state index < -0.39 is 0 Å². The van der Waals surface area contributed by atoms with Gasteiger partial charge in [0.15, 0.2) is 5.78 Å². The molecule has 0 unspecified atom stereocenters. The van der Waals surface area contributed by atoms with Gasteiger partial charge in [-0.3, -0.25) is 4.79 Å². The van der Waals surface area contributed by atoms with Gasteiger partial charge in [0.1, 0.15) is 0 Å². The number of thiocarbonyl (C=S) groups is 1. The van der Waals surface area contributed by atoms with E-state index in [0.717, 1.165) is 36.5 Å². The Kier molecular flexibility index (Phi) is 8.30. The van der Waals surface area contributed by atoms with Crippen LogP contribution in [0.2, 0.25) is 0 Å². The molecular weight excluding hydrogens is 254 g/mol. The summed E-state index contributed by atoms with van der Waals surface area (Å²) in [4.78, 5) is 15.0. The largest absolute Gasteiger partial charge is 0.303 e. The summed E-state index contributed by atoms with van der Waals surface area (Å²) in [6.45, 7) is 7.04. The Balaban J connectivity index is 0.00000256. The number of nitrogens with zero attached hydrogens (tertiary/aromatic N) is 1. The maximum Gasteiger partial charge on any atom is 0.165 e. The summed E-state index contributed by atoms with van der Waals surface area (Å²) < 4.78 is 0. The topological polar surface area (TPSA) is 20.3 Å². The summed E-state index contributed by atoms with van der Waals surface area (Å²) in [5.41, 5.74) is 0.740. The zero-order chi connectivity index (χ0) is 12.0. The van der Waals surface area contributed by atoms with Gasteiger partial charge < -0.3 is 4.90 Å². The quantitative estimate of drug-likeness (QED) is 0.694. The Hall–Kier alpha value is -0.510. The average molecular weight is 274 g/mol. The first-order chi connectivity index (χ1) is 7.69. The van der Waals surface area contributed by atoms with E-state index >= 15 is 0 Å². The van der Waals surface area contributed by atoms with Crippen molar-refractivity contribution in [3.63, 3.8) is 0 Å². The number of carbonyl (C=O) groups is 1. The van der Waals surface area contributed by atoms with Crippen LogP contribution >= 0.6 is 24.6 Å². The third-order valence-corrected chi connectivity index (χ3v) is 3.24. The van der Waals surface area contributed by atoms with Gasteiger partial charge in [-0.15, -0.1) is 12.4 Å². The molecule has 1 rings (SSSR count). The second-order valence-electron chi connectivity index (χ2n) is 3.84. The number of halogens is 1. The van der Waals surface area contributed by atoms with E-state index in [9.17, 15) is 4.79 Å². The van der Waals surface area contributed by atoms with Crippen molar-refractivity contribution in [3.8, 4) is 0 Å². The zero-order valence-corrected chi connectivity index (χ0v) is 12.1. The Morgan fingerprint density at radius 2 is 2.06 bits per heavy atom. The summed E-state index contributed by atoms with van der Waals surface area (Å²) in [7, 11) is 0. The number of hydrogen-bond acceptors (Lipinski definition) is 3. The van der Waals surface area contributed by atoms with Gasteiger partial charge in [-0.2, -0.15) is 0 Å². The van der Waals surface area contributed by atoms with Crippen molar-refractivity contribution in [2.24, 2.45) is 0 Å². The summed E-state index contributed by atoms with van der Waals surface area (Å²) in [6, 6.07) is 0. The highest BCUT2D eigenvalue weighted by molar-refractivity contribution is 7.81. The van der Waals surface area contributed by atoms with Gasteiger partial charge in [0.2, 0.25) is 0 Å². The highest BCUT2D eigenvalue weighted by Crippen LogP contribution is 2.12. The predicted molar refractivity (Wildman–Crippen MR) is 79.1 cm³/mol. The van der Waals surface area contributed by atoms with Crippen molar-refractivity contribution < 1.29 is 4.79 Å². The van der Waals surface area contributed by atoms with E-state index in [4.69, 9.17) is 12.2 Å². The minimum atomic E-state index is 0. The first-order valence-electron chi connectivity index (χ1n) is 5.84. The SMILES string of the molecule is CCN(CC)CCC(=O)C1=CC=CCC1=S.Cl. The fourth-order valence-electron chi connectivity index (χ4n) is 1.72. The van der Waals surface area contributed by atoms with Gasteiger partial charge >= 0.3 is 0 Å². The first-order valence-corrected chi connectivity index (χ1v) is 6.25. The standard InChI is InChI=1S/C13H19NOS.ClH/c1-3-14(4-2)10-9-12(15)11-7-5-6-8-13(11)16;/h5-7H,3-4,8-10H2,1-2H3;1H. The molecule has 0 fully saturated rings. The van der Waals surface area contributed by atoms with Crippen LogP contribution in [-0.4, -0.2) is 35.2 Å². The third-order valence-electron chi connectivity index (χ3n) is 2.85. The molecule has 0 saturated heterocycles. The molecule has 0 aromatic heterocycles. The van der Waals surface area contributed by atoms with Crippen molar-refractivity contribution in [1.82, 2.24) is 4.90 Å². The van der Waals surface area contributed by atoms with E-state index in [1.165, 1.54) is 0 Å². The molecule has 17 heavy (non-hydrogen) atoms. The summed E-state index contributed by atoms with van der Waals surface area (Å²) in [5, 5.41) is 0. The fourth-order valence-corrected chi connectivity index (χ4v) is 2.00. The van der Waals surface area contributed by atoms with Gasteiger partial charge in [-0.25, -0.2) is 0 Å². The van der Waals surface area contributed by atoms with Gasteiger partial charge in [0, 0.05) is 29.8 Å². The van der Waals surface area contributed by atoms with Gasteiger partial charge in [-0.1, -0.05) is 44.3 Å². The van der Waals surface area contributed by atoms with Crippen LogP contribution < -0.4 is 0 Å². The van der Waals surface area contributed by atoms with Crippen LogP contribution in [0.4, 0.5) is 0 Å². The number of carbonyl (C=O) groups excluding carboxylic acids is 1. The van der Waals surface area contributed by atoms with E-state index in [-0.39, 0.29) is 18.2 Å². The van der Waals surface area contributed by atoms with Crippen LogP contribution in [0.1, 0.15) is 26.7 Å². The number of ketones is 1. The molecule has 0 aromatic carbocycles. The molecule has 0 N–H and O–H groups in total. The summed E-state index contributed by atoms with van der Waals surface area (Å²) in [5.74, 6) is 0.182. The lowest BCUT2D eigenvalue weighted by molar-refractivity contribution is -0.115. The van der Waals surface area contributed by atoms with E-state index in [2.05, 4.69) is 18.7 Å². The average Bonchev–Trinajstić information content (AvgIpc) is 2.30. The van der Waals surface area contributed by atoms with Crippen molar-refractivity contribution >= 4 is 35.3 Å². The van der Waals surface area contributed by atoms with Gasteiger partial charge in [0.05, 0.1) is 0 Å². The second-order valence-corrected chi connectivity index (χ2v) is 4.33. The molecule has 4 heteroatoms. The normalized spacial score (nSPS) is 14.5. The van der Waals surface area contributed by atoms with Crippen molar-refractivity contribution in [1.29, 1.82) is 0 Å². The summed E-state index contributed by atoms with van der Waals surface area (Å²) in [6.07, 6.45) is 7.06. The highest BCUT2D eigenvalue weighted by atomic mass is 35.5. The first kappa shape index (κ1) is 16.5. The lowest BCUT2D eigenvalue weighted by Gasteiger charge is -2.18. The second kappa shape index (κ2) is 8.56. The molecule has 0 aliphatic heterocycles. The predicted octanol–water partition coefficient (Wildman–Crippen LogP) is 2.97. The summed E-state index contributed by atoms with van der Waals surface area (Å²) >= 11 is 5.19. The van der Waals surface area contributed by atoms with Crippen LogP contribution in [0.5, 0.6) is 0 Å². The number of allylic oxidation sites excluding steroid dienone is 4. The Morgan fingerprint density at radius 3 is 2.59 bits per heavy atom. The molecule has 0 radical (unpaired) electrons. The van der Waals surface area contributed by atoms with E-state index in [1.54, 1.807) is 0 Å². The van der Waals surface area contributed by atoms with Crippen LogP contribution in [0.15, 0.2) is 23.8 Å². The zero-order valence-electron chi connectivity index (χ0n) is 10.4. The van der Waals surface area contributed by atoms with E-state index in [0.29, 0.717) is 6.42 Å². The molecule has 1 aliphatic carbocycles. The number of rotatable bonds is 6. The molecule has 0 heterocycles. The highest BCUT2D eigenvalue weighted by Gasteiger charge is 2.15. The molecule has 96 valence electrons. The van der Waals surface area contributed by atoms with Crippen LogP contribution in [0.25, 0.3) is 0 Å². The molecular formula is C13H20ClNOS. The fraction of sp³-hybridized carbons (Fsp3) is 0.538. The van der Waals surface area contributed by atoms with Crippen LogP contribution in [-0.2, 0) is 4.79 Å². The molecule has 0 atom stereocenters. The van der Waals surface area contributed by atoms with E-state index in [1.807, 2.05) is 18.2 Å². The maximum atomic E-state index is 11.9. The van der Waals surface area contributed by atoms with Crippen LogP contribution in [0.3, 0.4) is 0 Å². The van der Waals surface area contributed by atoms with Crippen LogP contribution in [0, 0.1) is 0 Å². The van der Waals surface area contributed by atoms with Gasteiger partial charge in [0.25, 0.3) is 0 Å².